The predicted octanol–water partition coefficient (Wildman–Crippen LogP) is 4.51. The Bertz CT molecular complexity index is 1110. The fourth-order valence-electron chi connectivity index (χ4n) is 3.23. The van der Waals surface area contributed by atoms with Gasteiger partial charge in [-0.15, -0.1) is 11.8 Å². The number of hydrogen-bond acceptors (Lipinski definition) is 6. The van der Waals surface area contributed by atoms with E-state index in [1.807, 2.05) is 36.4 Å². The van der Waals surface area contributed by atoms with Crippen LogP contribution >= 0.6 is 11.8 Å². The number of hydrogen-bond donors (Lipinski definition) is 0. The number of anilines is 1. The third-order valence-electron chi connectivity index (χ3n) is 4.67. The molecule has 0 aliphatic carbocycles. The summed E-state index contributed by atoms with van der Waals surface area (Å²) in [5.41, 5.74) is 1.39. The van der Waals surface area contributed by atoms with Crippen molar-refractivity contribution in [2.75, 3.05) is 19.1 Å². The Labute approximate surface area is 178 Å². The molecule has 7 heteroatoms. The minimum absolute atomic E-state index is 0.342. The maximum absolute atomic E-state index is 13.5. The third-order valence-corrected chi connectivity index (χ3v) is 5.77. The average Bonchev–Trinajstić information content (AvgIpc) is 3.38. The summed E-state index contributed by atoms with van der Waals surface area (Å²) >= 11 is 1.28. The Morgan fingerprint density at radius 3 is 2.40 bits per heavy atom. The van der Waals surface area contributed by atoms with Gasteiger partial charge in [0.05, 0.1) is 42.4 Å². The quantitative estimate of drug-likeness (QED) is 0.523. The molecular formula is C23H19NO5S. The first kappa shape index (κ1) is 19.8. The Morgan fingerprint density at radius 2 is 1.73 bits per heavy atom. The van der Waals surface area contributed by atoms with Crippen LogP contribution in [0.5, 0.6) is 11.5 Å². The summed E-state index contributed by atoms with van der Waals surface area (Å²) in [6, 6.07) is 17.8. The van der Waals surface area contributed by atoms with Crippen molar-refractivity contribution >= 4 is 34.8 Å². The molecule has 0 saturated heterocycles. The van der Waals surface area contributed by atoms with Crippen LogP contribution in [-0.4, -0.2) is 26.0 Å². The van der Waals surface area contributed by atoms with Crippen molar-refractivity contribution in [2.24, 2.45) is 0 Å². The molecule has 30 heavy (non-hydrogen) atoms. The minimum Gasteiger partial charge on any atom is -0.497 e. The van der Waals surface area contributed by atoms with E-state index in [2.05, 4.69) is 0 Å². The van der Waals surface area contributed by atoms with Gasteiger partial charge < -0.3 is 13.9 Å². The maximum Gasteiger partial charge on any atom is 0.272 e. The molecule has 0 atom stereocenters. The summed E-state index contributed by atoms with van der Waals surface area (Å²) < 4.78 is 16.1. The summed E-state index contributed by atoms with van der Waals surface area (Å²) in [5, 5.41) is 0. The van der Waals surface area contributed by atoms with Gasteiger partial charge in [-0.3, -0.25) is 9.59 Å². The van der Waals surface area contributed by atoms with Crippen LogP contribution in [0.25, 0.3) is 5.57 Å². The van der Waals surface area contributed by atoms with Gasteiger partial charge in [0.1, 0.15) is 17.3 Å². The molecule has 1 aliphatic heterocycles. The van der Waals surface area contributed by atoms with E-state index < -0.39 is 11.8 Å². The number of thioether (sulfide) groups is 1. The summed E-state index contributed by atoms with van der Waals surface area (Å²) in [6.45, 7) is 0. The number of carbonyl (C=O) groups excluding carboxylic acids is 2. The molecule has 0 unspecified atom stereocenters. The number of rotatable bonds is 7. The molecule has 2 heterocycles. The SMILES string of the molecule is COc1ccc(OC)c(N2C(=O)C(SCc3ccco3)=C(c3ccccc3)C2=O)c1. The Balaban J connectivity index is 1.78. The van der Waals surface area contributed by atoms with Crippen molar-refractivity contribution < 1.29 is 23.5 Å². The van der Waals surface area contributed by atoms with Crippen LogP contribution in [0.2, 0.25) is 0 Å². The fraction of sp³-hybridized carbons (Fsp3) is 0.130. The highest BCUT2D eigenvalue weighted by Crippen LogP contribution is 2.43. The van der Waals surface area contributed by atoms with Gasteiger partial charge in [-0.25, -0.2) is 4.90 Å². The number of furan rings is 1. The van der Waals surface area contributed by atoms with Crippen LogP contribution in [0.4, 0.5) is 5.69 Å². The highest BCUT2D eigenvalue weighted by atomic mass is 32.2. The number of nitrogens with zero attached hydrogens (tertiary/aromatic N) is 1. The first-order valence-electron chi connectivity index (χ1n) is 9.19. The van der Waals surface area contributed by atoms with Crippen molar-refractivity contribution in [1.82, 2.24) is 0 Å². The second-order valence-corrected chi connectivity index (χ2v) is 7.41. The van der Waals surface area contributed by atoms with Gasteiger partial charge in [0.15, 0.2) is 0 Å². The second-order valence-electron chi connectivity index (χ2n) is 6.42. The van der Waals surface area contributed by atoms with Crippen molar-refractivity contribution in [2.45, 2.75) is 5.75 Å². The lowest BCUT2D eigenvalue weighted by Gasteiger charge is -2.19. The zero-order valence-corrected chi connectivity index (χ0v) is 17.3. The first-order valence-corrected chi connectivity index (χ1v) is 10.2. The van der Waals surface area contributed by atoms with Gasteiger partial charge in [-0.05, 0) is 29.8 Å². The number of carbonyl (C=O) groups is 2. The molecule has 0 bridgehead atoms. The van der Waals surface area contributed by atoms with Crippen LogP contribution in [0.15, 0.2) is 76.2 Å². The summed E-state index contributed by atoms with van der Waals surface area (Å²) in [6.07, 6.45) is 1.58. The number of amides is 2. The molecule has 0 saturated carbocycles. The molecule has 0 N–H and O–H groups in total. The Kier molecular flexibility index (Phi) is 5.63. The topological polar surface area (TPSA) is 69.0 Å². The van der Waals surface area contributed by atoms with Crippen LogP contribution in [-0.2, 0) is 15.3 Å². The van der Waals surface area contributed by atoms with Gasteiger partial charge in [0, 0.05) is 6.07 Å². The van der Waals surface area contributed by atoms with Crippen molar-refractivity contribution in [3.63, 3.8) is 0 Å². The molecule has 1 aliphatic rings. The first-order chi connectivity index (χ1) is 14.6. The van der Waals surface area contributed by atoms with Gasteiger partial charge in [-0.2, -0.15) is 0 Å². The second kappa shape index (κ2) is 8.51. The van der Waals surface area contributed by atoms with Crippen molar-refractivity contribution in [3.8, 4) is 11.5 Å². The zero-order valence-electron chi connectivity index (χ0n) is 16.5. The normalized spacial score (nSPS) is 13.9. The van der Waals surface area contributed by atoms with Crippen molar-refractivity contribution in [1.29, 1.82) is 0 Å². The van der Waals surface area contributed by atoms with E-state index in [4.69, 9.17) is 13.9 Å². The molecule has 0 radical (unpaired) electrons. The molecule has 0 spiro atoms. The lowest BCUT2D eigenvalue weighted by Crippen LogP contribution is -2.31. The molecule has 3 aromatic rings. The fourth-order valence-corrected chi connectivity index (χ4v) is 4.25. The lowest BCUT2D eigenvalue weighted by molar-refractivity contribution is -0.119. The third kappa shape index (κ3) is 3.59. The van der Waals surface area contributed by atoms with E-state index in [1.165, 1.54) is 26.0 Å². The maximum atomic E-state index is 13.5. The van der Waals surface area contributed by atoms with E-state index in [1.54, 1.807) is 30.5 Å². The van der Waals surface area contributed by atoms with E-state index in [0.29, 0.717) is 39.0 Å². The molecule has 2 aromatic carbocycles. The zero-order chi connectivity index (χ0) is 21.1. The van der Waals surface area contributed by atoms with Crippen LogP contribution in [0.3, 0.4) is 0 Å². The molecule has 1 aromatic heterocycles. The van der Waals surface area contributed by atoms with Gasteiger partial charge in [0.2, 0.25) is 0 Å². The average molecular weight is 421 g/mol. The predicted molar refractivity (Wildman–Crippen MR) is 115 cm³/mol. The van der Waals surface area contributed by atoms with Gasteiger partial charge >= 0.3 is 0 Å². The van der Waals surface area contributed by atoms with Gasteiger partial charge in [-0.1, -0.05) is 30.3 Å². The Hall–Kier alpha value is -3.45. The number of ether oxygens (including phenoxy) is 2. The van der Waals surface area contributed by atoms with Crippen molar-refractivity contribution in [3.05, 3.63) is 83.2 Å². The van der Waals surface area contributed by atoms with E-state index in [-0.39, 0.29) is 0 Å². The molecule has 152 valence electrons. The Morgan fingerprint density at radius 1 is 0.933 bits per heavy atom. The lowest BCUT2D eigenvalue weighted by atomic mass is 10.1. The smallest absolute Gasteiger partial charge is 0.272 e. The van der Waals surface area contributed by atoms with Crippen LogP contribution in [0.1, 0.15) is 11.3 Å². The number of benzene rings is 2. The molecule has 6 nitrogen and oxygen atoms in total. The summed E-state index contributed by atoms with van der Waals surface area (Å²) in [7, 11) is 3.02. The van der Waals surface area contributed by atoms with Crippen LogP contribution in [0, 0.1) is 0 Å². The monoisotopic (exact) mass is 421 g/mol. The molecule has 4 rings (SSSR count). The highest BCUT2D eigenvalue weighted by Gasteiger charge is 2.41. The largest absolute Gasteiger partial charge is 0.497 e. The molecule has 0 fully saturated rings. The van der Waals surface area contributed by atoms with E-state index >= 15 is 0 Å². The van der Waals surface area contributed by atoms with Crippen LogP contribution < -0.4 is 14.4 Å². The summed E-state index contributed by atoms with van der Waals surface area (Å²) in [4.78, 5) is 28.4. The van der Waals surface area contributed by atoms with Gasteiger partial charge in [0.25, 0.3) is 11.8 Å². The van der Waals surface area contributed by atoms with E-state index in [0.717, 1.165) is 10.7 Å². The highest BCUT2D eigenvalue weighted by molar-refractivity contribution is 8.03. The number of imide groups is 1. The summed E-state index contributed by atoms with van der Waals surface area (Å²) in [5.74, 6) is 1.27. The minimum atomic E-state index is -0.403. The number of methoxy groups -OCH3 is 2. The van der Waals surface area contributed by atoms with E-state index in [9.17, 15) is 9.59 Å². The molecular weight excluding hydrogens is 402 g/mol. The standard InChI is InChI=1S/C23H19NO5S/c1-27-16-10-11-19(28-2)18(13-16)24-22(25)20(15-7-4-3-5-8-15)21(23(24)26)30-14-17-9-6-12-29-17/h3-13H,14H2,1-2H3. The molecule has 2 amide bonds.